The SMILES string of the molecule is FC(F)(F)Oc1cccc(CNCC2C3CNCC23)c1. The van der Waals surface area contributed by atoms with Gasteiger partial charge in [-0.1, -0.05) is 12.1 Å². The van der Waals surface area contributed by atoms with Crippen molar-refractivity contribution in [2.24, 2.45) is 17.8 Å². The molecule has 1 saturated heterocycles. The van der Waals surface area contributed by atoms with Gasteiger partial charge in [0.05, 0.1) is 0 Å². The van der Waals surface area contributed by atoms with E-state index in [1.165, 1.54) is 12.1 Å². The molecule has 2 N–H and O–H groups in total. The fraction of sp³-hybridized carbons (Fsp3) is 0.571. The summed E-state index contributed by atoms with van der Waals surface area (Å²) < 4.78 is 40.3. The van der Waals surface area contributed by atoms with Crippen molar-refractivity contribution in [2.45, 2.75) is 12.9 Å². The van der Waals surface area contributed by atoms with E-state index in [0.29, 0.717) is 6.54 Å². The van der Waals surface area contributed by atoms with Crippen LogP contribution in [-0.2, 0) is 6.54 Å². The van der Waals surface area contributed by atoms with Gasteiger partial charge in [-0.25, -0.2) is 0 Å². The highest BCUT2D eigenvalue weighted by Crippen LogP contribution is 2.47. The number of rotatable bonds is 5. The first-order chi connectivity index (χ1) is 9.53. The van der Waals surface area contributed by atoms with Crippen LogP contribution in [0.1, 0.15) is 5.56 Å². The van der Waals surface area contributed by atoms with Gasteiger partial charge in [0.15, 0.2) is 0 Å². The molecule has 2 fully saturated rings. The molecule has 0 aromatic heterocycles. The van der Waals surface area contributed by atoms with E-state index >= 15 is 0 Å². The zero-order valence-electron chi connectivity index (χ0n) is 10.9. The van der Waals surface area contributed by atoms with Crippen molar-refractivity contribution < 1.29 is 17.9 Å². The number of nitrogens with one attached hydrogen (secondary N) is 2. The first kappa shape index (κ1) is 13.7. The van der Waals surface area contributed by atoms with E-state index in [-0.39, 0.29) is 5.75 Å². The summed E-state index contributed by atoms with van der Waals surface area (Å²) in [6, 6.07) is 6.11. The normalized spacial score (nSPS) is 28.2. The minimum atomic E-state index is -4.63. The highest BCUT2D eigenvalue weighted by molar-refractivity contribution is 5.28. The molecular formula is C14H17F3N2O. The second-order valence-corrected chi connectivity index (χ2v) is 5.48. The Bertz CT molecular complexity index is 468. The third-order valence-electron chi connectivity index (χ3n) is 4.11. The molecule has 1 aromatic carbocycles. The molecule has 110 valence electrons. The van der Waals surface area contributed by atoms with Gasteiger partial charge in [-0.15, -0.1) is 13.2 Å². The third-order valence-corrected chi connectivity index (χ3v) is 4.11. The summed E-state index contributed by atoms with van der Waals surface area (Å²) in [4.78, 5) is 0. The molecular weight excluding hydrogens is 269 g/mol. The highest BCUT2D eigenvalue weighted by atomic mass is 19.4. The van der Waals surface area contributed by atoms with E-state index in [1.54, 1.807) is 12.1 Å². The average molecular weight is 286 g/mol. The Kier molecular flexibility index (Phi) is 3.60. The molecule has 0 radical (unpaired) electrons. The monoisotopic (exact) mass is 286 g/mol. The Morgan fingerprint density at radius 3 is 2.70 bits per heavy atom. The quantitative estimate of drug-likeness (QED) is 0.870. The van der Waals surface area contributed by atoms with E-state index in [1.807, 2.05) is 0 Å². The van der Waals surface area contributed by atoms with Crippen molar-refractivity contribution in [1.29, 1.82) is 0 Å². The molecule has 1 aromatic rings. The maximum Gasteiger partial charge on any atom is 0.573 e. The number of alkyl halides is 3. The Morgan fingerprint density at radius 2 is 2.00 bits per heavy atom. The zero-order chi connectivity index (χ0) is 14.2. The van der Waals surface area contributed by atoms with Crippen LogP contribution in [0, 0.1) is 17.8 Å². The maximum absolute atomic E-state index is 12.1. The van der Waals surface area contributed by atoms with Gasteiger partial charge in [-0.05, 0) is 55.1 Å². The maximum atomic E-state index is 12.1. The van der Waals surface area contributed by atoms with Gasteiger partial charge >= 0.3 is 6.36 Å². The van der Waals surface area contributed by atoms with Crippen LogP contribution in [-0.4, -0.2) is 26.0 Å². The molecule has 3 rings (SSSR count). The van der Waals surface area contributed by atoms with Gasteiger partial charge < -0.3 is 15.4 Å². The molecule has 2 atom stereocenters. The summed E-state index contributed by atoms with van der Waals surface area (Å²) in [6.07, 6.45) is -4.63. The molecule has 1 heterocycles. The van der Waals surface area contributed by atoms with E-state index in [2.05, 4.69) is 15.4 Å². The molecule has 0 amide bonds. The van der Waals surface area contributed by atoms with Crippen LogP contribution in [0.4, 0.5) is 13.2 Å². The molecule has 1 aliphatic heterocycles. The number of halogens is 3. The minimum absolute atomic E-state index is 0.163. The van der Waals surface area contributed by atoms with E-state index in [0.717, 1.165) is 43.0 Å². The van der Waals surface area contributed by atoms with Crippen LogP contribution >= 0.6 is 0 Å². The van der Waals surface area contributed by atoms with Gasteiger partial charge in [-0.3, -0.25) is 0 Å². The van der Waals surface area contributed by atoms with Crippen LogP contribution in [0.25, 0.3) is 0 Å². The fourth-order valence-electron chi connectivity index (χ4n) is 3.09. The lowest BCUT2D eigenvalue weighted by molar-refractivity contribution is -0.274. The number of hydrogen-bond acceptors (Lipinski definition) is 3. The van der Waals surface area contributed by atoms with Crippen LogP contribution in [0.5, 0.6) is 5.75 Å². The van der Waals surface area contributed by atoms with E-state index in [4.69, 9.17) is 0 Å². The van der Waals surface area contributed by atoms with Crippen molar-refractivity contribution in [3.05, 3.63) is 29.8 Å². The summed E-state index contributed by atoms with van der Waals surface area (Å²) in [5.41, 5.74) is 0.802. The Morgan fingerprint density at radius 1 is 1.25 bits per heavy atom. The zero-order valence-corrected chi connectivity index (χ0v) is 10.9. The molecule has 2 aliphatic rings. The van der Waals surface area contributed by atoms with Gasteiger partial charge in [0.25, 0.3) is 0 Å². The lowest BCUT2D eigenvalue weighted by Gasteiger charge is -2.11. The van der Waals surface area contributed by atoms with Gasteiger partial charge in [0.1, 0.15) is 5.75 Å². The predicted octanol–water partition coefficient (Wildman–Crippen LogP) is 2.14. The number of ether oxygens (including phenoxy) is 1. The standard InChI is InChI=1S/C14H17F3N2O/c15-14(16,17)20-10-3-1-2-9(4-10)5-18-6-11-12-7-19-8-13(11)12/h1-4,11-13,18-19H,5-8H2. The number of benzene rings is 1. The molecule has 3 nitrogen and oxygen atoms in total. The Labute approximate surface area is 115 Å². The first-order valence-electron chi connectivity index (χ1n) is 6.79. The van der Waals surface area contributed by atoms with Gasteiger partial charge in [-0.2, -0.15) is 0 Å². The summed E-state index contributed by atoms with van der Waals surface area (Å²) in [5.74, 6) is 2.15. The van der Waals surface area contributed by atoms with Crippen molar-refractivity contribution in [1.82, 2.24) is 10.6 Å². The first-order valence-corrected chi connectivity index (χ1v) is 6.79. The molecule has 1 saturated carbocycles. The molecule has 20 heavy (non-hydrogen) atoms. The van der Waals surface area contributed by atoms with Gasteiger partial charge in [0.2, 0.25) is 0 Å². The number of fused-ring (bicyclic) bond motifs is 1. The van der Waals surface area contributed by atoms with E-state index < -0.39 is 6.36 Å². The Balaban J connectivity index is 1.46. The van der Waals surface area contributed by atoms with Crippen molar-refractivity contribution in [2.75, 3.05) is 19.6 Å². The number of hydrogen-bond donors (Lipinski definition) is 2. The van der Waals surface area contributed by atoms with Crippen molar-refractivity contribution >= 4 is 0 Å². The summed E-state index contributed by atoms with van der Waals surface area (Å²) in [7, 11) is 0. The lowest BCUT2D eigenvalue weighted by atomic mass is 10.2. The molecule has 0 bridgehead atoms. The second-order valence-electron chi connectivity index (χ2n) is 5.48. The van der Waals surface area contributed by atoms with Crippen LogP contribution in [0.2, 0.25) is 0 Å². The largest absolute Gasteiger partial charge is 0.573 e. The summed E-state index contributed by atoms with van der Waals surface area (Å²) in [6.45, 7) is 3.71. The van der Waals surface area contributed by atoms with Crippen LogP contribution in [0.3, 0.4) is 0 Å². The molecule has 2 unspecified atom stereocenters. The van der Waals surface area contributed by atoms with Crippen LogP contribution in [0.15, 0.2) is 24.3 Å². The second kappa shape index (κ2) is 5.26. The molecule has 1 aliphatic carbocycles. The summed E-state index contributed by atoms with van der Waals surface area (Å²) in [5, 5.41) is 6.66. The van der Waals surface area contributed by atoms with Crippen molar-refractivity contribution in [3.8, 4) is 5.75 Å². The van der Waals surface area contributed by atoms with Crippen LogP contribution < -0.4 is 15.4 Å². The van der Waals surface area contributed by atoms with Crippen molar-refractivity contribution in [3.63, 3.8) is 0 Å². The number of piperidine rings is 1. The smallest absolute Gasteiger partial charge is 0.406 e. The topological polar surface area (TPSA) is 33.3 Å². The molecule has 6 heteroatoms. The predicted molar refractivity (Wildman–Crippen MR) is 68.2 cm³/mol. The highest BCUT2D eigenvalue weighted by Gasteiger charge is 2.51. The fourth-order valence-corrected chi connectivity index (χ4v) is 3.09. The summed E-state index contributed by atoms with van der Waals surface area (Å²) >= 11 is 0. The lowest BCUT2D eigenvalue weighted by Crippen LogP contribution is -2.23. The molecule has 0 spiro atoms. The third kappa shape index (κ3) is 3.24. The average Bonchev–Trinajstić information content (AvgIpc) is 2.81. The minimum Gasteiger partial charge on any atom is -0.406 e. The Hall–Kier alpha value is -1.27. The van der Waals surface area contributed by atoms with E-state index in [9.17, 15) is 13.2 Å². The van der Waals surface area contributed by atoms with Gasteiger partial charge in [0, 0.05) is 6.54 Å².